The van der Waals surface area contributed by atoms with Gasteiger partial charge in [0.15, 0.2) is 17.4 Å². The van der Waals surface area contributed by atoms with E-state index in [4.69, 9.17) is 16.3 Å². The topological polar surface area (TPSA) is 27.1 Å². The van der Waals surface area contributed by atoms with Gasteiger partial charge in [0, 0.05) is 18.1 Å². The quantitative estimate of drug-likeness (QED) is 0.521. The van der Waals surface area contributed by atoms with E-state index in [1.165, 1.54) is 0 Å². The second-order valence-electron chi connectivity index (χ2n) is 4.81. The Kier molecular flexibility index (Phi) is 3.89. The van der Waals surface area contributed by atoms with E-state index in [2.05, 4.69) is 4.98 Å². The molecule has 3 rings (SSSR count). The molecule has 0 aliphatic rings. The SMILES string of the molecule is Cn1c(COc2c(F)c(F)cc(F)c2F)nc2cc(Cl)ccc21. The summed E-state index contributed by atoms with van der Waals surface area (Å²) >= 11 is 5.87. The minimum atomic E-state index is -1.59. The van der Waals surface area contributed by atoms with Crippen LogP contribution in [0.4, 0.5) is 17.6 Å². The lowest BCUT2D eigenvalue weighted by Gasteiger charge is -2.09. The van der Waals surface area contributed by atoms with Crippen molar-refractivity contribution in [3.63, 3.8) is 0 Å². The average molecular weight is 345 g/mol. The van der Waals surface area contributed by atoms with Crippen molar-refractivity contribution in [2.45, 2.75) is 6.61 Å². The van der Waals surface area contributed by atoms with Gasteiger partial charge in [-0.15, -0.1) is 0 Å². The zero-order chi connectivity index (χ0) is 16.7. The van der Waals surface area contributed by atoms with Crippen LogP contribution in [-0.2, 0) is 13.7 Å². The fraction of sp³-hybridized carbons (Fsp3) is 0.133. The molecule has 0 unspecified atom stereocenters. The first-order valence-corrected chi connectivity index (χ1v) is 6.83. The smallest absolute Gasteiger partial charge is 0.203 e. The lowest BCUT2D eigenvalue weighted by Crippen LogP contribution is -2.07. The Balaban J connectivity index is 1.94. The third-order valence-electron chi connectivity index (χ3n) is 3.35. The molecule has 0 atom stereocenters. The number of ether oxygens (including phenoxy) is 1. The van der Waals surface area contributed by atoms with Gasteiger partial charge >= 0.3 is 0 Å². The summed E-state index contributed by atoms with van der Waals surface area (Å²) < 4.78 is 59.9. The molecule has 3 aromatic rings. The Hall–Kier alpha value is -2.28. The molecule has 0 saturated heterocycles. The molecule has 120 valence electrons. The van der Waals surface area contributed by atoms with Gasteiger partial charge in [-0.2, -0.15) is 8.78 Å². The van der Waals surface area contributed by atoms with Crippen LogP contribution in [0.2, 0.25) is 5.02 Å². The molecular formula is C15H9ClF4N2O. The van der Waals surface area contributed by atoms with Crippen LogP contribution in [0.15, 0.2) is 24.3 Å². The number of imidazole rings is 1. The molecule has 0 spiro atoms. The molecule has 2 aromatic carbocycles. The number of rotatable bonds is 3. The molecule has 23 heavy (non-hydrogen) atoms. The van der Waals surface area contributed by atoms with Crippen LogP contribution in [0.1, 0.15) is 5.82 Å². The Morgan fingerprint density at radius 2 is 1.74 bits per heavy atom. The van der Waals surface area contributed by atoms with Crippen LogP contribution in [0.3, 0.4) is 0 Å². The van der Waals surface area contributed by atoms with E-state index in [0.29, 0.717) is 16.4 Å². The maximum atomic E-state index is 13.6. The summed E-state index contributed by atoms with van der Waals surface area (Å²) in [5.74, 6) is -7.05. The molecular weight excluding hydrogens is 336 g/mol. The zero-order valence-corrected chi connectivity index (χ0v) is 12.5. The van der Waals surface area contributed by atoms with E-state index in [0.717, 1.165) is 5.52 Å². The van der Waals surface area contributed by atoms with Crippen molar-refractivity contribution in [3.05, 3.63) is 58.4 Å². The molecule has 1 aromatic heterocycles. The Morgan fingerprint density at radius 3 is 2.39 bits per heavy atom. The maximum absolute atomic E-state index is 13.6. The number of aromatic nitrogens is 2. The van der Waals surface area contributed by atoms with E-state index in [9.17, 15) is 17.6 Å². The average Bonchev–Trinajstić information content (AvgIpc) is 2.81. The molecule has 0 saturated carbocycles. The second kappa shape index (κ2) is 5.73. The van der Waals surface area contributed by atoms with Crippen molar-refractivity contribution in [2.75, 3.05) is 0 Å². The number of halogens is 5. The third kappa shape index (κ3) is 2.72. The largest absolute Gasteiger partial charge is 0.479 e. The number of benzene rings is 2. The molecule has 0 bridgehead atoms. The lowest BCUT2D eigenvalue weighted by molar-refractivity contribution is 0.252. The first-order chi connectivity index (χ1) is 10.9. The van der Waals surface area contributed by atoms with Crippen LogP contribution in [0.5, 0.6) is 5.75 Å². The van der Waals surface area contributed by atoms with E-state index < -0.39 is 29.0 Å². The normalized spacial score (nSPS) is 11.2. The first-order valence-electron chi connectivity index (χ1n) is 6.45. The summed E-state index contributed by atoms with van der Waals surface area (Å²) in [6, 6.07) is 5.12. The zero-order valence-electron chi connectivity index (χ0n) is 11.7. The van der Waals surface area contributed by atoms with Crippen LogP contribution in [-0.4, -0.2) is 9.55 Å². The molecule has 0 fully saturated rings. The van der Waals surface area contributed by atoms with Crippen molar-refractivity contribution in [3.8, 4) is 5.75 Å². The van der Waals surface area contributed by atoms with Gasteiger partial charge in [-0.25, -0.2) is 13.8 Å². The summed E-state index contributed by atoms with van der Waals surface area (Å²) in [5.41, 5.74) is 1.28. The summed E-state index contributed by atoms with van der Waals surface area (Å²) in [6.07, 6.45) is 0. The van der Waals surface area contributed by atoms with E-state index in [-0.39, 0.29) is 12.7 Å². The second-order valence-corrected chi connectivity index (χ2v) is 5.24. The van der Waals surface area contributed by atoms with Gasteiger partial charge in [-0.1, -0.05) is 11.6 Å². The maximum Gasteiger partial charge on any atom is 0.203 e. The highest BCUT2D eigenvalue weighted by Crippen LogP contribution is 2.27. The van der Waals surface area contributed by atoms with Crippen molar-refractivity contribution < 1.29 is 22.3 Å². The molecule has 0 radical (unpaired) electrons. The predicted molar refractivity (Wildman–Crippen MR) is 76.3 cm³/mol. The van der Waals surface area contributed by atoms with Crippen molar-refractivity contribution in [1.29, 1.82) is 0 Å². The van der Waals surface area contributed by atoms with E-state index in [1.54, 1.807) is 29.8 Å². The third-order valence-corrected chi connectivity index (χ3v) is 3.59. The molecule has 0 aliphatic carbocycles. The van der Waals surface area contributed by atoms with E-state index >= 15 is 0 Å². The van der Waals surface area contributed by atoms with Gasteiger partial charge in [0.2, 0.25) is 11.6 Å². The number of nitrogens with zero attached hydrogens (tertiary/aromatic N) is 2. The van der Waals surface area contributed by atoms with Crippen molar-refractivity contribution in [2.24, 2.45) is 7.05 Å². The molecule has 8 heteroatoms. The predicted octanol–water partition coefficient (Wildman–Crippen LogP) is 4.36. The van der Waals surface area contributed by atoms with Gasteiger partial charge in [0.25, 0.3) is 0 Å². The molecule has 0 aliphatic heterocycles. The van der Waals surface area contributed by atoms with Gasteiger partial charge < -0.3 is 9.30 Å². The first kappa shape index (κ1) is 15.6. The van der Waals surface area contributed by atoms with Crippen LogP contribution >= 0.6 is 11.6 Å². The summed E-state index contributed by atoms with van der Waals surface area (Å²) in [6.45, 7) is -0.375. The Morgan fingerprint density at radius 1 is 1.09 bits per heavy atom. The summed E-state index contributed by atoms with van der Waals surface area (Å²) in [7, 11) is 1.67. The summed E-state index contributed by atoms with van der Waals surface area (Å²) in [4.78, 5) is 4.21. The number of aryl methyl sites for hydroxylation is 1. The van der Waals surface area contributed by atoms with Crippen molar-refractivity contribution >= 4 is 22.6 Å². The fourth-order valence-electron chi connectivity index (χ4n) is 2.17. The highest BCUT2D eigenvalue weighted by Gasteiger charge is 2.21. The molecule has 3 nitrogen and oxygen atoms in total. The summed E-state index contributed by atoms with van der Waals surface area (Å²) in [5, 5.41) is 0.479. The highest BCUT2D eigenvalue weighted by molar-refractivity contribution is 6.31. The van der Waals surface area contributed by atoms with Gasteiger partial charge in [-0.05, 0) is 18.2 Å². The standard InChI is InChI=1S/C15H9ClF4N2O/c1-22-11-3-2-7(16)4-10(11)21-12(22)6-23-15-13(19)8(17)5-9(18)14(15)20/h2-5H,6H2,1H3. The molecule has 0 amide bonds. The fourth-order valence-corrected chi connectivity index (χ4v) is 2.33. The van der Waals surface area contributed by atoms with Gasteiger partial charge in [-0.3, -0.25) is 0 Å². The van der Waals surface area contributed by atoms with Crippen LogP contribution in [0, 0.1) is 23.3 Å². The monoisotopic (exact) mass is 344 g/mol. The number of hydrogen-bond acceptors (Lipinski definition) is 2. The van der Waals surface area contributed by atoms with Crippen LogP contribution < -0.4 is 4.74 Å². The van der Waals surface area contributed by atoms with Crippen LogP contribution in [0.25, 0.3) is 11.0 Å². The number of hydrogen-bond donors (Lipinski definition) is 0. The lowest BCUT2D eigenvalue weighted by atomic mass is 10.3. The van der Waals surface area contributed by atoms with E-state index in [1.807, 2.05) is 0 Å². The molecule has 1 heterocycles. The Labute approximate surface area is 133 Å². The Bertz CT molecular complexity index is 884. The van der Waals surface area contributed by atoms with Gasteiger partial charge in [0.05, 0.1) is 11.0 Å². The number of fused-ring (bicyclic) bond motifs is 1. The molecule has 0 N–H and O–H groups in total. The minimum Gasteiger partial charge on any atom is -0.479 e. The van der Waals surface area contributed by atoms with Gasteiger partial charge in [0.1, 0.15) is 12.4 Å². The minimum absolute atomic E-state index is 0.120. The van der Waals surface area contributed by atoms with Crippen molar-refractivity contribution in [1.82, 2.24) is 9.55 Å². The highest BCUT2D eigenvalue weighted by atomic mass is 35.5.